The second-order valence-electron chi connectivity index (χ2n) is 6.94. The lowest BCUT2D eigenvalue weighted by atomic mass is 10.2. The van der Waals surface area contributed by atoms with Crippen LogP contribution in [-0.4, -0.2) is 57.5 Å². The van der Waals surface area contributed by atoms with E-state index < -0.39 is 0 Å². The summed E-state index contributed by atoms with van der Waals surface area (Å²) in [5, 5.41) is 3.95. The average Bonchev–Trinajstić information content (AvgIpc) is 3.28. The molecule has 144 valence electrons. The van der Waals surface area contributed by atoms with E-state index in [-0.39, 0.29) is 11.9 Å². The summed E-state index contributed by atoms with van der Waals surface area (Å²) in [7, 11) is 2.01. The Kier molecular flexibility index (Phi) is 4.97. The van der Waals surface area contributed by atoms with Crippen molar-refractivity contribution in [1.29, 1.82) is 0 Å². The second kappa shape index (κ2) is 7.72. The summed E-state index contributed by atoms with van der Waals surface area (Å²) in [6.45, 7) is 2.75. The molecule has 0 unspecified atom stereocenters. The first-order valence-electron chi connectivity index (χ1n) is 9.39. The quantitative estimate of drug-likeness (QED) is 0.716. The molecule has 4 rings (SSSR count). The Balaban J connectivity index is 1.58. The number of rotatable bonds is 6. The predicted octanol–water partition coefficient (Wildman–Crippen LogP) is 2.24. The number of carbonyl (C=O) groups excluding carboxylic acids is 2. The van der Waals surface area contributed by atoms with Gasteiger partial charge in [0.1, 0.15) is 0 Å². The summed E-state index contributed by atoms with van der Waals surface area (Å²) in [6.07, 6.45) is 3.24. The maximum absolute atomic E-state index is 13.1. The fourth-order valence-corrected chi connectivity index (χ4v) is 3.58. The Morgan fingerprint density at radius 3 is 2.82 bits per heavy atom. The highest BCUT2D eigenvalue weighted by Gasteiger charge is 2.23. The molecule has 28 heavy (non-hydrogen) atoms. The van der Waals surface area contributed by atoms with E-state index >= 15 is 0 Å². The Hall–Kier alpha value is -3.35. The van der Waals surface area contributed by atoms with Crippen LogP contribution in [0.1, 0.15) is 16.1 Å². The third-order valence-corrected chi connectivity index (χ3v) is 5.18. The molecule has 0 spiro atoms. The van der Waals surface area contributed by atoms with Crippen molar-refractivity contribution in [2.24, 2.45) is 7.05 Å². The minimum atomic E-state index is -0.0852. The van der Waals surface area contributed by atoms with E-state index in [0.29, 0.717) is 38.3 Å². The van der Waals surface area contributed by atoms with E-state index in [1.54, 1.807) is 34.3 Å². The van der Waals surface area contributed by atoms with Crippen LogP contribution >= 0.6 is 0 Å². The lowest BCUT2D eigenvalue weighted by Crippen LogP contribution is -2.40. The van der Waals surface area contributed by atoms with Crippen molar-refractivity contribution in [3.8, 4) is 0 Å². The molecule has 0 aliphatic carbocycles. The first-order chi connectivity index (χ1) is 13.6. The lowest BCUT2D eigenvalue weighted by molar-refractivity contribution is 0.0727. The highest BCUT2D eigenvalue weighted by molar-refractivity contribution is 5.94. The molecular formula is C21H23N5O2. The number of benzene rings is 1. The molecule has 1 aromatic carbocycles. The van der Waals surface area contributed by atoms with Crippen molar-refractivity contribution in [3.63, 3.8) is 0 Å². The summed E-state index contributed by atoms with van der Waals surface area (Å²) < 4.78 is 2.11. The SMILES string of the molecule is Cn1c(CN(CCN2CCNC2=O)C(=O)c2cccnc2)cc2ccccc21. The summed E-state index contributed by atoms with van der Waals surface area (Å²) in [5.41, 5.74) is 2.72. The highest BCUT2D eigenvalue weighted by Crippen LogP contribution is 2.20. The summed E-state index contributed by atoms with van der Waals surface area (Å²) in [6, 6.07) is 13.7. The fraction of sp³-hybridized carbons (Fsp3) is 0.286. The highest BCUT2D eigenvalue weighted by atomic mass is 16.2. The van der Waals surface area contributed by atoms with Gasteiger partial charge in [-0.2, -0.15) is 0 Å². The van der Waals surface area contributed by atoms with Gasteiger partial charge in [-0.15, -0.1) is 0 Å². The minimum absolute atomic E-state index is 0.0709. The van der Waals surface area contributed by atoms with Gasteiger partial charge in [-0.1, -0.05) is 18.2 Å². The largest absolute Gasteiger partial charge is 0.346 e. The fourth-order valence-electron chi connectivity index (χ4n) is 3.58. The van der Waals surface area contributed by atoms with Crippen molar-refractivity contribution in [2.45, 2.75) is 6.54 Å². The van der Waals surface area contributed by atoms with Crippen LogP contribution in [0.5, 0.6) is 0 Å². The zero-order valence-electron chi connectivity index (χ0n) is 15.8. The summed E-state index contributed by atoms with van der Waals surface area (Å²) >= 11 is 0. The maximum atomic E-state index is 13.1. The van der Waals surface area contributed by atoms with E-state index in [1.807, 2.05) is 19.2 Å². The average molecular weight is 377 g/mol. The zero-order valence-corrected chi connectivity index (χ0v) is 15.8. The number of urea groups is 1. The Morgan fingerprint density at radius 2 is 2.11 bits per heavy atom. The van der Waals surface area contributed by atoms with Crippen LogP contribution in [0.25, 0.3) is 10.9 Å². The molecule has 1 N–H and O–H groups in total. The number of nitrogens with one attached hydrogen (secondary N) is 1. The number of aryl methyl sites for hydroxylation is 1. The first-order valence-corrected chi connectivity index (χ1v) is 9.39. The summed E-state index contributed by atoms with van der Waals surface area (Å²) in [5.74, 6) is -0.0852. The number of hydrogen-bond donors (Lipinski definition) is 1. The van der Waals surface area contributed by atoms with Crippen molar-refractivity contribution in [1.82, 2.24) is 24.7 Å². The second-order valence-corrected chi connectivity index (χ2v) is 6.94. The van der Waals surface area contributed by atoms with E-state index in [9.17, 15) is 9.59 Å². The number of fused-ring (bicyclic) bond motifs is 1. The molecule has 1 aliphatic rings. The van der Waals surface area contributed by atoms with Crippen LogP contribution < -0.4 is 5.32 Å². The van der Waals surface area contributed by atoms with Gasteiger partial charge in [0.25, 0.3) is 5.91 Å². The number of hydrogen-bond acceptors (Lipinski definition) is 3. The van der Waals surface area contributed by atoms with Gasteiger partial charge in [-0.05, 0) is 29.7 Å². The molecule has 0 radical (unpaired) electrons. The van der Waals surface area contributed by atoms with Gasteiger partial charge in [0.05, 0.1) is 12.1 Å². The monoisotopic (exact) mass is 377 g/mol. The van der Waals surface area contributed by atoms with Crippen LogP contribution in [0, 0.1) is 0 Å². The lowest BCUT2D eigenvalue weighted by Gasteiger charge is -2.25. The van der Waals surface area contributed by atoms with Crippen LogP contribution in [0.2, 0.25) is 0 Å². The molecule has 0 saturated carbocycles. The van der Waals surface area contributed by atoms with Crippen LogP contribution in [0.4, 0.5) is 4.79 Å². The number of amides is 3. The van der Waals surface area contributed by atoms with Crippen molar-refractivity contribution < 1.29 is 9.59 Å². The standard InChI is InChI=1S/C21H23N5O2/c1-24-18(13-16-5-2-3-7-19(16)24)15-26(12-11-25-10-9-23-21(25)28)20(27)17-6-4-8-22-14-17/h2-8,13-14H,9-12,15H2,1H3,(H,23,28). The van der Waals surface area contributed by atoms with E-state index in [1.165, 1.54) is 0 Å². The number of carbonyl (C=O) groups is 2. The molecule has 3 amide bonds. The Labute approximate surface area is 163 Å². The molecule has 1 saturated heterocycles. The Morgan fingerprint density at radius 1 is 1.25 bits per heavy atom. The topological polar surface area (TPSA) is 70.5 Å². The molecular weight excluding hydrogens is 354 g/mol. The number of pyridine rings is 1. The van der Waals surface area contributed by atoms with Gasteiger partial charge >= 0.3 is 6.03 Å². The molecule has 1 aliphatic heterocycles. The summed E-state index contributed by atoms with van der Waals surface area (Å²) in [4.78, 5) is 32.6. The molecule has 1 fully saturated rings. The van der Waals surface area contributed by atoms with E-state index in [0.717, 1.165) is 16.6 Å². The third kappa shape index (κ3) is 3.55. The third-order valence-electron chi connectivity index (χ3n) is 5.18. The van der Waals surface area contributed by atoms with Crippen LogP contribution in [-0.2, 0) is 13.6 Å². The van der Waals surface area contributed by atoms with Crippen molar-refractivity contribution >= 4 is 22.8 Å². The van der Waals surface area contributed by atoms with Gasteiger partial charge in [-0.25, -0.2) is 4.79 Å². The van der Waals surface area contributed by atoms with Gasteiger partial charge in [0, 0.05) is 56.8 Å². The smallest absolute Gasteiger partial charge is 0.317 e. The molecule has 3 aromatic rings. The van der Waals surface area contributed by atoms with Crippen LogP contribution in [0.3, 0.4) is 0 Å². The van der Waals surface area contributed by atoms with Crippen molar-refractivity contribution in [2.75, 3.05) is 26.2 Å². The maximum Gasteiger partial charge on any atom is 0.317 e. The molecule has 0 bridgehead atoms. The number of aromatic nitrogens is 2. The normalized spacial score (nSPS) is 13.8. The molecule has 7 nitrogen and oxygen atoms in total. The van der Waals surface area contributed by atoms with Gasteiger partial charge in [0.15, 0.2) is 0 Å². The van der Waals surface area contributed by atoms with Crippen LogP contribution in [0.15, 0.2) is 54.9 Å². The molecule has 0 atom stereocenters. The molecule has 7 heteroatoms. The van der Waals surface area contributed by atoms with Gasteiger partial charge in [-0.3, -0.25) is 9.78 Å². The first kappa shape index (κ1) is 18.0. The number of para-hydroxylation sites is 1. The minimum Gasteiger partial charge on any atom is -0.346 e. The van der Waals surface area contributed by atoms with Gasteiger partial charge < -0.3 is 19.7 Å². The van der Waals surface area contributed by atoms with Gasteiger partial charge in [0.2, 0.25) is 0 Å². The van der Waals surface area contributed by atoms with E-state index in [2.05, 4.69) is 33.1 Å². The molecule has 2 aromatic heterocycles. The molecule has 3 heterocycles. The van der Waals surface area contributed by atoms with Crippen molar-refractivity contribution in [3.05, 3.63) is 66.1 Å². The van der Waals surface area contributed by atoms with E-state index in [4.69, 9.17) is 0 Å². The Bertz CT molecular complexity index is 998. The number of nitrogens with zero attached hydrogens (tertiary/aromatic N) is 4. The zero-order chi connectivity index (χ0) is 19.5. The predicted molar refractivity (Wildman–Crippen MR) is 107 cm³/mol.